The minimum absolute atomic E-state index is 0.0152. The predicted molar refractivity (Wildman–Crippen MR) is 87.8 cm³/mol. The second kappa shape index (κ2) is 6.56. The monoisotopic (exact) mass is 345 g/mol. The lowest BCUT2D eigenvalue weighted by molar-refractivity contribution is -0.385. The van der Waals surface area contributed by atoms with Crippen molar-refractivity contribution < 1.29 is 23.7 Å². The van der Waals surface area contributed by atoms with Gasteiger partial charge in [-0.3, -0.25) is 29.8 Å². The number of rotatable bonds is 5. The largest absolute Gasteiger partial charge is 0.444 e. The molecule has 0 radical (unpaired) electrons. The van der Waals surface area contributed by atoms with Crippen molar-refractivity contribution in [2.24, 2.45) is 5.73 Å². The number of hydrogen-bond donors (Lipinski definition) is 2. The van der Waals surface area contributed by atoms with Crippen LogP contribution < -0.4 is 11.1 Å². The molecule has 0 atom stereocenters. The van der Waals surface area contributed by atoms with Crippen LogP contribution in [0.4, 0.5) is 11.6 Å². The van der Waals surface area contributed by atoms with E-state index >= 15 is 0 Å². The fourth-order valence-corrected chi connectivity index (χ4v) is 2.53. The van der Waals surface area contributed by atoms with Gasteiger partial charge in [0, 0.05) is 17.2 Å². The molecule has 130 valence electrons. The number of nitrogens with one attached hydrogen (secondary N) is 1. The Bertz CT molecular complexity index is 913. The van der Waals surface area contributed by atoms with E-state index in [9.17, 15) is 24.5 Å². The number of nitro benzene ring substituents is 1. The maximum absolute atomic E-state index is 12.4. The van der Waals surface area contributed by atoms with Gasteiger partial charge >= 0.3 is 0 Å². The second-order valence-electron chi connectivity index (χ2n) is 5.32. The molecule has 1 aromatic carbocycles. The molecule has 0 saturated carbocycles. The number of carbonyl (C=O) groups is 3. The lowest BCUT2D eigenvalue weighted by atomic mass is 10.1. The maximum atomic E-state index is 12.4. The summed E-state index contributed by atoms with van der Waals surface area (Å²) in [5, 5.41) is 13.3. The van der Waals surface area contributed by atoms with Gasteiger partial charge in [-0.15, -0.1) is 0 Å². The van der Waals surface area contributed by atoms with E-state index in [0.717, 1.165) is 0 Å². The molecule has 0 fully saturated rings. The minimum atomic E-state index is -0.937. The van der Waals surface area contributed by atoms with Crippen molar-refractivity contribution in [2.45, 2.75) is 20.8 Å². The normalized spacial score (nSPS) is 10.4. The van der Waals surface area contributed by atoms with Crippen LogP contribution in [-0.2, 0) is 0 Å². The fraction of sp³-hybridized carbons (Fsp3) is 0.188. The average molecular weight is 345 g/mol. The first-order valence-electron chi connectivity index (χ1n) is 7.14. The summed E-state index contributed by atoms with van der Waals surface area (Å²) in [5.41, 5.74) is 5.00. The van der Waals surface area contributed by atoms with Crippen molar-refractivity contribution in [3.8, 4) is 0 Å². The highest BCUT2D eigenvalue weighted by Gasteiger charge is 2.27. The number of aryl methyl sites for hydroxylation is 1. The lowest BCUT2D eigenvalue weighted by Crippen LogP contribution is -2.19. The Morgan fingerprint density at radius 2 is 1.84 bits per heavy atom. The third-order valence-corrected chi connectivity index (χ3v) is 3.66. The molecule has 0 aliphatic heterocycles. The van der Waals surface area contributed by atoms with Crippen LogP contribution in [0.25, 0.3) is 0 Å². The molecule has 0 aliphatic carbocycles. The Kier molecular flexibility index (Phi) is 4.68. The Hall–Kier alpha value is -3.49. The number of hydrogen-bond acceptors (Lipinski definition) is 6. The van der Waals surface area contributed by atoms with Crippen molar-refractivity contribution >= 4 is 29.2 Å². The van der Waals surface area contributed by atoms with Gasteiger partial charge in [-0.05, 0) is 26.8 Å². The van der Waals surface area contributed by atoms with Crippen LogP contribution in [0, 0.1) is 24.0 Å². The molecular weight excluding hydrogens is 330 g/mol. The van der Waals surface area contributed by atoms with Crippen LogP contribution in [-0.4, -0.2) is 22.5 Å². The molecule has 0 spiro atoms. The fourth-order valence-electron chi connectivity index (χ4n) is 2.53. The van der Waals surface area contributed by atoms with E-state index in [4.69, 9.17) is 10.2 Å². The molecule has 2 amide bonds. The topological polar surface area (TPSA) is 146 Å². The van der Waals surface area contributed by atoms with Crippen LogP contribution in [0.3, 0.4) is 0 Å². The Morgan fingerprint density at radius 1 is 1.20 bits per heavy atom. The number of anilines is 1. The number of primary amides is 1. The molecule has 0 aliphatic rings. The molecule has 2 aromatic rings. The number of benzene rings is 1. The zero-order valence-electron chi connectivity index (χ0n) is 13.7. The number of nitrogens with two attached hydrogens (primary N) is 1. The average Bonchev–Trinajstić information content (AvgIpc) is 2.83. The summed E-state index contributed by atoms with van der Waals surface area (Å²) in [6.45, 7) is 4.12. The molecule has 0 saturated heterocycles. The van der Waals surface area contributed by atoms with Crippen molar-refractivity contribution in [3.63, 3.8) is 0 Å². The Morgan fingerprint density at radius 3 is 2.36 bits per heavy atom. The number of amides is 2. The summed E-state index contributed by atoms with van der Waals surface area (Å²) in [6.07, 6.45) is 0. The molecular formula is C16H15N3O6. The molecule has 25 heavy (non-hydrogen) atoms. The van der Waals surface area contributed by atoms with Gasteiger partial charge < -0.3 is 10.2 Å². The van der Waals surface area contributed by atoms with E-state index < -0.39 is 22.5 Å². The summed E-state index contributed by atoms with van der Waals surface area (Å²) in [7, 11) is 0. The van der Waals surface area contributed by atoms with Crippen LogP contribution in [0.5, 0.6) is 0 Å². The Balaban J connectivity index is 2.48. The summed E-state index contributed by atoms with van der Waals surface area (Å²) >= 11 is 0. The Labute approximate surface area is 141 Å². The van der Waals surface area contributed by atoms with Crippen LogP contribution >= 0.6 is 0 Å². The van der Waals surface area contributed by atoms with Gasteiger partial charge in [-0.25, -0.2) is 0 Å². The standard InChI is InChI=1S/C16H15N3O6/c1-7-10(5-4-6-11(7)19(23)24)15(22)18-16-13(14(17)21)12(8(2)20)9(3)25-16/h4-6H,1-3H3,(H2,17,21)(H,18,22). The smallest absolute Gasteiger partial charge is 0.273 e. The zero-order chi connectivity index (χ0) is 18.9. The number of nitrogens with zero attached hydrogens (tertiary/aromatic N) is 1. The highest BCUT2D eigenvalue weighted by atomic mass is 16.6. The highest BCUT2D eigenvalue weighted by molar-refractivity contribution is 6.14. The minimum Gasteiger partial charge on any atom is -0.444 e. The van der Waals surface area contributed by atoms with E-state index in [1.54, 1.807) is 0 Å². The van der Waals surface area contributed by atoms with Gasteiger partial charge in [0.05, 0.1) is 10.5 Å². The molecule has 9 heteroatoms. The summed E-state index contributed by atoms with van der Waals surface area (Å²) in [6, 6.07) is 4.03. The molecule has 1 heterocycles. The number of carbonyl (C=O) groups excluding carboxylic acids is 3. The van der Waals surface area contributed by atoms with E-state index in [2.05, 4.69) is 5.32 Å². The third-order valence-electron chi connectivity index (χ3n) is 3.66. The van der Waals surface area contributed by atoms with E-state index in [0.29, 0.717) is 0 Å². The summed E-state index contributed by atoms with van der Waals surface area (Å²) < 4.78 is 5.29. The van der Waals surface area contributed by atoms with Crippen LogP contribution in [0.2, 0.25) is 0 Å². The van der Waals surface area contributed by atoms with Gasteiger partial charge in [0.15, 0.2) is 5.78 Å². The highest BCUT2D eigenvalue weighted by Crippen LogP contribution is 2.28. The van der Waals surface area contributed by atoms with Gasteiger partial charge in [0.25, 0.3) is 17.5 Å². The third kappa shape index (κ3) is 3.25. The molecule has 1 aromatic heterocycles. The number of ketones is 1. The van der Waals surface area contributed by atoms with Crippen LogP contribution in [0.15, 0.2) is 22.6 Å². The zero-order valence-corrected chi connectivity index (χ0v) is 13.7. The van der Waals surface area contributed by atoms with Crippen molar-refractivity contribution in [2.75, 3.05) is 5.32 Å². The lowest BCUT2D eigenvalue weighted by Gasteiger charge is -2.07. The van der Waals surface area contributed by atoms with E-state index in [-0.39, 0.29) is 39.6 Å². The molecule has 3 N–H and O–H groups in total. The predicted octanol–water partition coefficient (Wildman–Crippen LogP) is 2.36. The van der Waals surface area contributed by atoms with Crippen molar-refractivity contribution in [1.82, 2.24) is 0 Å². The van der Waals surface area contributed by atoms with Gasteiger partial charge in [-0.2, -0.15) is 0 Å². The van der Waals surface area contributed by atoms with Crippen molar-refractivity contribution in [1.29, 1.82) is 0 Å². The molecule has 2 rings (SSSR count). The molecule has 0 unspecified atom stereocenters. The van der Waals surface area contributed by atoms with Crippen molar-refractivity contribution in [3.05, 3.63) is 56.3 Å². The van der Waals surface area contributed by atoms with Gasteiger partial charge in [0.2, 0.25) is 5.88 Å². The van der Waals surface area contributed by atoms with Gasteiger partial charge in [-0.1, -0.05) is 6.07 Å². The summed E-state index contributed by atoms with van der Waals surface area (Å²) in [4.78, 5) is 46.2. The van der Waals surface area contributed by atoms with E-state index in [1.165, 1.54) is 39.0 Å². The number of Topliss-reactive ketones (excluding diaryl/α,β-unsaturated/α-hetero) is 1. The number of furan rings is 1. The quantitative estimate of drug-likeness (QED) is 0.483. The van der Waals surface area contributed by atoms with E-state index in [1.807, 2.05) is 0 Å². The SMILES string of the molecule is CC(=O)c1c(C)oc(NC(=O)c2cccc([N+](=O)[O-])c2C)c1C(N)=O. The molecule has 0 bridgehead atoms. The second-order valence-corrected chi connectivity index (χ2v) is 5.32. The maximum Gasteiger partial charge on any atom is 0.273 e. The summed E-state index contributed by atoms with van der Waals surface area (Å²) in [5.74, 6) is -2.25. The first-order chi connectivity index (χ1) is 11.6. The van der Waals surface area contributed by atoms with Gasteiger partial charge in [0.1, 0.15) is 11.3 Å². The number of nitro groups is 1. The molecule has 9 nitrogen and oxygen atoms in total. The first kappa shape index (κ1) is 17.9. The first-order valence-corrected chi connectivity index (χ1v) is 7.14. The van der Waals surface area contributed by atoms with Crippen LogP contribution in [0.1, 0.15) is 49.3 Å².